The second kappa shape index (κ2) is 8.10. The first kappa shape index (κ1) is 18.7. The van der Waals surface area contributed by atoms with Crippen LogP contribution < -0.4 is 5.32 Å². The largest absolute Gasteiger partial charge is 0.469 e. The van der Waals surface area contributed by atoms with Crippen LogP contribution in [0.3, 0.4) is 0 Å². The number of anilines is 1. The molecule has 0 fully saturated rings. The number of benzene rings is 1. The zero-order valence-corrected chi connectivity index (χ0v) is 16.1. The molecule has 0 spiro atoms. The first-order valence-corrected chi connectivity index (χ1v) is 9.37. The zero-order valence-electron chi connectivity index (χ0n) is 15.3. The van der Waals surface area contributed by atoms with E-state index in [-0.39, 0.29) is 5.91 Å². The summed E-state index contributed by atoms with van der Waals surface area (Å²) in [5, 5.41) is 20.7. The van der Waals surface area contributed by atoms with Crippen molar-refractivity contribution in [3.63, 3.8) is 0 Å². The fraction of sp³-hybridized carbons (Fsp3) is 0.263. The summed E-state index contributed by atoms with van der Waals surface area (Å²) in [6.07, 6.45) is 1.62. The summed E-state index contributed by atoms with van der Waals surface area (Å²) < 4.78 is 7.31. The van der Waals surface area contributed by atoms with Crippen molar-refractivity contribution >= 4 is 23.4 Å². The number of rotatable bonds is 6. The van der Waals surface area contributed by atoms with E-state index in [9.17, 15) is 4.79 Å². The molecule has 27 heavy (non-hydrogen) atoms. The van der Waals surface area contributed by atoms with Gasteiger partial charge in [0.25, 0.3) is 0 Å². The number of furan rings is 1. The third-order valence-corrected chi connectivity index (χ3v) is 5.17. The highest BCUT2D eigenvalue weighted by Crippen LogP contribution is 2.29. The minimum absolute atomic E-state index is 0.200. The number of nitriles is 1. The number of carbonyl (C=O) groups is 1. The predicted molar refractivity (Wildman–Crippen MR) is 103 cm³/mol. The molecule has 3 rings (SSSR count). The summed E-state index contributed by atoms with van der Waals surface area (Å²) in [6, 6.07) is 10.8. The van der Waals surface area contributed by atoms with Crippen molar-refractivity contribution in [2.24, 2.45) is 0 Å². The Morgan fingerprint density at radius 1 is 1.37 bits per heavy atom. The van der Waals surface area contributed by atoms with Gasteiger partial charge < -0.3 is 14.3 Å². The number of aryl methyl sites for hydroxylation is 1. The van der Waals surface area contributed by atoms with Crippen LogP contribution in [-0.4, -0.2) is 25.9 Å². The van der Waals surface area contributed by atoms with Crippen molar-refractivity contribution in [3.8, 4) is 17.5 Å². The van der Waals surface area contributed by atoms with Crippen LogP contribution in [0.4, 0.5) is 5.69 Å². The lowest BCUT2D eigenvalue weighted by molar-refractivity contribution is -0.115. The maximum atomic E-state index is 12.6. The maximum Gasteiger partial charge on any atom is 0.237 e. The Morgan fingerprint density at radius 2 is 2.15 bits per heavy atom. The summed E-state index contributed by atoms with van der Waals surface area (Å²) in [5.74, 6) is 1.29. The zero-order chi connectivity index (χ0) is 19.4. The molecule has 2 heterocycles. The van der Waals surface area contributed by atoms with Gasteiger partial charge in [0.15, 0.2) is 11.0 Å². The van der Waals surface area contributed by atoms with Crippen LogP contribution in [0.15, 0.2) is 46.2 Å². The number of thioether (sulfide) groups is 1. The molecular weight excluding hydrogens is 362 g/mol. The summed E-state index contributed by atoms with van der Waals surface area (Å²) in [6.45, 7) is 6.34. The Labute approximate surface area is 161 Å². The van der Waals surface area contributed by atoms with Crippen LogP contribution in [0.1, 0.15) is 25.2 Å². The van der Waals surface area contributed by atoms with Gasteiger partial charge in [-0.25, -0.2) is 0 Å². The summed E-state index contributed by atoms with van der Waals surface area (Å²) in [5.41, 5.74) is 1.82. The van der Waals surface area contributed by atoms with Gasteiger partial charge in [-0.3, -0.25) is 4.79 Å². The Bertz CT molecular complexity index is 1000. The monoisotopic (exact) mass is 381 g/mol. The molecule has 0 radical (unpaired) electrons. The van der Waals surface area contributed by atoms with Gasteiger partial charge in [0.1, 0.15) is 11.8 Å². The average Bonchev–Trinajstić information content (AvgIpc) is 3.27. The lowest BCUT2D eigenvalue weighted by atomic mass is 10.2. The molecule has 1 aromatic carbocycles. The highest BCUT2D eigenvalue weighted by molar-refractivity contribution is 8.00. The number of nitrogens with one attached hydrogen (secondary N) is 1. The van der Waals surface area contributed by atoms with E-state index in [0.717, 1.165) is 11.3 Å². The SMILES string of the molecule is CCn1c(S[C@H](C)C(=O)Nc2ccccc2C#N)nnc1-c1ccoc1C. The molecule has 0 bridgehead atoms. The summed E-state index contributed by atoms with van der Waals surface area (Å²) in [4.78, 5) is 12.6. The molecule has 1 atom stereocenters. The van der Waals surface area contributed by atoms with Gasteiger partial charge >= 0.3 is 0 Å². The first-order chi connectivity index (χ1) is 13.0. The molecule has 0 aliphatic rings. The molecule has 2 aromatic heterocycles. The number of carbonyl (C=O) groups excluding carboxylic acids is 1. The Balaban J connectivity index is 1.77. The highest BCUT2D eigenvalue weighted by Gasteiger charge is 2.22. The third-order valence-electron chi connectivity index (χ3n) is 4.09. The van der Waals surface area contributed by atoms with E-state index < -0.39 is 5.25 Å². The first-order valence-electron chi connectivity index (χ1n) is 8.49. The van der Waals surface area contributed by atoms with E-state index in [2.05, 4.69) is 21.6 Å². The molecule has 3 aromatic rings. The van der Waals surface area contributed by atoms with Crippen LogP contribution >= 0.6 is 11.8 Å². The van der Waals surface area contributed by atoms with Crippen LogP contribution in [0.2, 0.25) is 0 Å². The van der Waals surface area contributed by atoms with Crippen molar-refractivity contribution < 1.29 is 9.21 Å². The van der Waals surface area contributed by atoms with Gasteiger partial charge in [-0.05, 0) is 39.0 Å². The fourth-order valence-electron chi connectivity index (χ4n) is 2.61. The number of aromatic nitrogens is 3. The molecular formula is C19H19N5O2S. The highest BCUT2D eigenvalue weighted by atomic mass is 32.2. The van der Waals surface area contributed by atoms with Crippen LogP contribution in [0, 0.1) is 18.3 Å². The van der Waals surface area contributed by atoms with Gasteiger partial charge in [-0.15, -0.1) is 10.2 Å². The number of amides is 1. The average molecular weight is 381 g/mol. The Morgan fingerprint density at radius 3 is 2.81 bits per heavy atom. The molecule has 1 N–H and O–H groups in total. The number of para-hydroxylation sites is 1. The van der Waals surface area contributed by atoms with E-state index in [0.29, 0.717) is 28.8 Å². The van der Waals surface area contributed by atoms with Gasteiger partial charge in [0.2, 0.25) is 5.91 Å². The third kappa shape index (κ3) is 3.88. The number of nitrogens with zero attached hydrogens (tertiary/aromatic N) is 4. The summed E-state index contributed by atoms with van der Waals surface area (Å²) >= 11 is 1.32. The predicted octanol–water partition coefficient (Wildman–Crippen LogP) is 3.86. The molecule has 1 amide bonds. The molecule has 0 aliphatic carbocycles. The minimum atomic E-state index is -0.412. The van der Waals surface area contributed by atoms with Crippen molar-refractivity contribution in [1.29, 1.82) is 5.26 Å². The fourth-order valence-corrected chi connectivity index (χ4v) is 3.53. The van der Waals surface area contributed by atoms with E-state index in [4.69, 9.17) is 9.68 Å². The van der Waals surface area contributed by atoms with Gasteiger partial charge in [-0.1, -0.05) is 23.9 Å². The quantitative estimate of drug-likeness (QED) is 0.651. The summed E-state index contributed by atoms with van der Waals surface area (Å²) in [7, 11) is 0. The van der Waals surface area contributed by atoms with Crippen LogP contribution in [-0.2, 0) is 11.3 Å². The number of hydrogen-bond acceptors (Lipinski definition) is 6. The molecule has 0 saturated carbocycles. The number of hydrogen-bond donors (Lipinski definition) is 1. The van der Waals surface area contributed by atoms with Gasteiger partial charge in [-0.2, -0.15) is 5.26 Å². The lowest BCUT2D eigenvalue weighted by Crippen LogP contribution is -2.23. The second-order valence-corrected chi connectivity index (χ2v) is 7.16. The molecule has 0 aliphatic heterocycles. The van der Waals surface area contributed by atoms with Crippen molar-refractivity contribution in [1.82, 2.24) is 14.8 Å². The minimum Gasteiger partial charge on any atom is -0.469 e. The van der Waals surface area contributed by atoms with Crippen molar-refractivity contribution in [3.05, 3.63) is 47.9 Å². The van der Waals surface area contributed by atoms with Crippen LogP contribution in [0.25, 0.3) is 11.4 Å². The van der Waals surface area contributed by atoms with Crippen molar-refractivity contribution in [2.75, 3.05) is 5.32 Å². The normalized spacial score (nSPS) is 11.8. The smallest absolute Gasteiger partial charge is 0.237 e. The maximum absolute atomic E-state index is 12.6. The topological polar surface area (TPSA) is 96.7 Å². The molecule has 138 valence electrons. The molecule has 7 nitrogen and oxygen atoms in total. The van der Waals surface area contributed by atoms with E-state index in [1.807, 2.05) is 24.5 Å². The van der Waals surface area contributed by atoms with Gasteiger partial charge in [0.05, 0.1) is 28.3 Å². The molecule has 0 saturated heterocycles. The molecule has 8 heteroatoms. The molecule has 0 unspecified atom stereocenters. The lowest BCUT2D eigenvalue weighted by Gasteiger charge is -2.13. The standard InChI is InChI=1S/C19H19N5O2S/c1-4-24-17(15-9-10-26-12(15)2)22-23-19(24)27-13(3)18(25)21-16-8-6-5-7-14(16)11-20/h5-10,13H,4H2,1-3H3,(H,21,25)/t13-/m1/s1. The Kier molecular flexibility index (Phi) is 5.62. The second-order valence-electron chi connectivity index (χ2n) is 5.85. The van der Waals surface area contributed by atoms with Gasteiger partial charge in [0, 0.05) is 6.54 Å². The van der Waals surface area contributed by atoms with E-state index >= 15 is 0 Å². The Hall–Kier alpha value is -3.05. The van der Waals surface area contributed by atoms with E-state index in [1.54, 1.807) is 37.5 Å². The van der Waals surface area contributed by atoms with E-state index in [1.165, 1.54) is 11.8 Å². The van der Waals surface area contributed by atoms with Crippen LogP contribution in [0.5, 0.6) is 0 Å². The van der Waals surface area contributed by atoms with Crippen molar-refractivity contribution in [2.45, 2.75) is 37.7 Å².